The third-order valence-electron chi connectivity index (χ3n) is 3.00. The van der Waals surface area contributed by atoms with Gasteiger partial charge in [-0.1, -0.05) is 6.07 Å². The number of pyridine rings is 1. The minimum absolute atomic E-state index is 0.124. The molecule has 0 aliphatic carbocycles. The van der Waals surface area contributed by atoms with Crippen molar-refractivity contribution in [1.29, 1.82) is 0 Å². The average Bonchev–Trinajstić information content (AvgIpc) is 2.37. The lowest BCUT2D eigenvalue weighted by molar-refractivity contribution is 0.304. The molecular formula is C15H21N3O. The molecule has 0 amide bonds. The highest BCUT2D eigenvalue weighted by Crippen LogP contribution is 2.26. The number of benzene rings is 1. The summed E-state index contributed by atoms with van der Waals surface area (Å²) in [6.45, 7) is 4.94. The second kappa shape index (κ2) is 5.89. The lowest BCUT2D eigenvalue weighted by Crippen LogP contribution is -2.22. The molecule has 0 unspecified atom stereocenters. The number of aliphatic hydroxyl groups excluding tert-OH is 1. The van der Waals surface area contributed by atoms with Crippen LogP contribution in [0.5, 0.6) is 0 Å². The number of anilines is 2. The van der Waals surface area contributed by atoms with Crippen LogP contribution in [0.2, 0.25) is 0 Å². The first kappa shape index (κ1) is 13.6. The Kier molecular flexibility index (Phi) is 4.22. The molecule has 0 saturated carbocycles. The summed E-state index contributed by atoms with van der Waals surface area (Å²) in [6, 6.07) is 8.69. The van der Waals surface area contributed by atoms with Crippen molar-refractivity contribution in [3.63, 3.8) is 0 Å². The van der Waals surface area contributed by atoms with Crippen molar-refractivity contribution in [2.75, 3.05) is 30.4 Å². The van der Waals surface area contributed by atoms with Gasteiger partial charge < -0.3 is 15.3 Å². The number of nitrogens with zero attached hydrogens (tertiary/aromatic N) is 2. The molecule has 0 bridgehead atoms. The molecule has 1 aromatic carbocycles. The molecule has 19 heavy (non-hydrogen) atoms. The van der Waals surface area contributed by atoms with Crippen molar-refractivity contribution in [2.45, 2.75) is 19.9 Å². The predicted octanol–water partition coefficient (Wildman–Crippen LogP) is 2.48. The van der Waals surface area contributed by atoms with Crippen molar-refractivity contribution in [1.82, 2.24) is 4.98 Å². The molecule has 1 heterocycles. The molecule has 0 radical (unpaired) electrons. The monoisotopic (exact) mass is 259 g/mol. The van der Waals surface area contributed by atoms with Crippen molar-refractivity contribution in [3.8, 4) is 0 Å². The summed E-state index contributed by atoms with van der Waals surface area (Å²) in [5.41, 5.74) is 1.09. The van der Waals surface area contributed by atoms with Crippen molar-refractivity contribution in [2.24, 2.45) is 0 Å². The maximum absolute atomic E-state index is 9.06. The Morgan fingerprint density at radius 3 is 2.79 bits per heavy atom. The van der Waals surface area contributed by atoms with E-state index in [4.69, 9.17) is 5.11 Å². The van der Waals surface area contributed by atoms with Gasteiger partial charge in [0.15, 0.2) is 0 Å². The second-order valence-electron chi connectivity index (χ2n) is 5.01. The van der Waals surface area contributed by atoms with Gasteiger partial charge in [-0.3, -0.25) is 0 Å². The van der Waals surface area contributed by atoms with Crippen LogP contribution in [0.4, 0.5) is 11.5 Å². The average molecular weight is 259 g/mol. The van der Waals surface area contributed by atoms with Gasteiger partial charge in [0, 0.05) is 36.9 Å². The van der Waals surface area contributed by atoms with Crippen molar-refractivity contribution >= 4 is 22.3 Å². The van der Waals surface area contributed by atoms with Crippen LogP contribution in [0.1, 0.15) is 13.8 Å². The minimum atomic E-state index is 0.124. The van der Waals surface area contributed by atoms with E-state index in [2.05, 4.69) is 42.3 Å². The van der Waals surface area contributed by atoms with Gasteiger partial charge in [0.2, 0.25) is 0 Å². The first-order chi connectivity index (χ1) is 9.11. The molecular weight excluding hydrogens is 238 g/mol. The van der Waals surface area contributed by atoms with E-state index in [9.17, 15) is 0 Å². The van der Waals surface area contributed by atoms with E-state index in [1.165, 1.54) is 0 Å². The summed E-state index contributed by atoms with van der Waals surface area (Å²) in [5, 5.41) is 14.7. The van der Waals surface area contributed by atoms with E-state index in [1.807, 2.05) is 18.0 Å². The molecule has 0 spiro atoms. The Morgan fingerprint density at radius 1 is 1.32 bits per heavy atom. The van der Waals surface area contributed by atoms with E-state index in [0.717, 1.165) is 22.3 Å². The molecule has 0 saturated heterocycles. The van der Waals surface area contributed by atoms with Gasteiger partial charge >= 0.3 is 0 Å². The van der Waals surface area contributed by atoms with Crippen LogP contribution >= 0.6 is 0 Å². The number of aliphatic hydroxyl groups is 1. The molecule has 102 valence electrons. The standard InChI is InChI=1S/C15H21N3O/c1-11(2)17-13-5-4-12-6-7-16-15(14(12)10-13)18(3)8-9-19/h4-7,10-11,17,19H,8-9H2,1-3H3. The number of hydrogen-bond donors (Lipinski definition) is 2. The number of nitrogens with one attached hydrogen (secondary N) is 1. The van der Waals surface area contributed by atoms with Crippen LogP contribution in [0.25, 0.3) is 10.8 Å². The van der Waals surface area contributed by atoms with Gasteiger partial charge in [-0.05, 0) is 37.4 Å². The second-order valence-corrected chi connectivity index (χ2v) is 5.01. The molecule has 0 atom stereocenters. The van der Waals surface area contributed by atoms with E-state index in [1.54, 1.807) is 6.20 Å². The Labute approximate surface area is 114 Å². The van der Waals surface area contributed by atoms with E-state index in [0.29, 0.717) is 12.6 Å². The number of rotatable bonds is 5. The lowest BCUT2D eigenvalue weighted by atomic mass is 10.1. The normalized spacial score (nSPS) is 11.0. The number of likely N-dealkylation sites (N-methyl/N-ethyl adjacent to an activating group) is 1. The van der Waals surface area contributed by atoms with Crippen molar-refractivity contribution < 1.29 is 5.11 Å². The van der Waals surface area contributed by atoms with E-state index >= 15 is 0 Å². The highest BCUT2D eigenvalue weighted by Gasteiger charge is 2.08. The lowest BCUT2D eigenvalue weighted by Gasteiger charge is -2.19. The van der Waals surface area contributed by atoms with Gasteiger partial charge in [0.1, 0.15) is 5.82 Å². The zero-order chi connectivity index (χ0) is 13.8. The highest BCUT2D eigenvalue weighted by molar-refractivity contribution is 5.94. The maximum atomic E-state index is 9.06. The van der Waals surface area contributed by atoms with Gasteiger partial charge in [-0.2, -0.15) is 0 Å². The van der Waals surface area contributed by atoms with Crippen LogP contribution in [-0.2, 0) is 0 Å². The van der Waals surface area contributed by atoms with Crippen LogP contribution in [0, 0.1) is 0 Å². The van der Waals surface area contributed by atoms with Crippen molar-refractivity contribution in [3.05, 3.63) is 30.5 Å². The summed E-state index contributed by atoms with van der Waals surface area (Å²) >= 11 is 0. The van der Waals surface area contributed by atoms with Gasteiger partial charge in [-0.25, -0.2) is 4.98 Å². The molecule has 0 aliphatic heterocycles. The quantitative estimate of drug-likeness (QED) is 0.866. The van der Waals surface area contributed by atoms with Gasteiger partial charge in [0.25, 0.3) is 0 Å². The molecule has 2 aromatic rings. The smallest absolute Gasteiger partial charge is 0.136 e. The Balaban J connectivity index is 2.45. The number of hydrogen-bond acceptors (Lipinski definition) is 4. The Morgan fingerprint density at radius 2 is 2.11 bits per heavy atom. The molecule has 4 nitrogen and oxygen atoms in total. The van der Waals surface area contributed by atoms with Crippen LogP contribution in [-0.4, -0.2) is 36.3 Å². The van der Waals surface area contributed by atoms with Crippen LogP contribution in [0.3, 0.4) is 0 Å². The molecule has 4 heteroatoms. The highest BCUT2D eigenvalue weighted by atomic mass is 16.3. The van der Waals surface area contributed by atoms with Crippen LogP contribution in [0.15, 0.2) is 30.5 Å². The molecule has 0 aliphatic rings. The molecule has 0 fully saturated rings. The topological polar surface area (TPSA) is 48.4 Å². The summed E-state index contributed by atoms with van der Waals surface area (Å²) < 4.78 is 0. The Hall–Kier alpha value is -1.81. The summed E-state index contributed by atoms with van der Waals surface area (Å²) in [7, 11) is 1.94. The SMILES string of the molecule is CC(C)Nc1ccc2ccnc(N(C)CCO)c2c1. The Bertz CT molecular complexity index is 554. The largest absolute Gasteiger partial charge is 0.395 e. The first-order valence-corrected chi connectivity index (χ1v) is 6.59. The molecule has 1 aromatic heterocycles. The summed E-state index contributed by atoms with van der Waals surface area (Å²) in [5.74, 6) is 0.902. The zero-order valence-corrected chi connectivity index (χ0v) is 11.7. The zero-order valence-electron chi connectivity index (χ0n) is 11.7. The van der Waals surface area contributed by atoms with Gasteiger partial charge in [-0.15, -0.1) is 0 Å². The summed E-state index contributed by atoms with van der Waals surface area (Å²) in [4.78, 5) is 6.41. The first-order valence-electron chi connectivity index (χ1n) is 6.59. The van der Waals surface area contributed by atoms with Gasteiger partial charge in [0.05, 0.1) is 6.61 Å². The fraction of sp³-hybridized carbons (Fsp3) is 0.400. The third-order valence-corrected chi connectivity index (χ3v) is 3.00. The minimum Gasteiger partial charge on any atom is -0.395 e. The summed E-state index contributed by atoms with van der Waals surface area (Å²) in [6.07, 6.45) is 1.81. The number of aromatic nitrogens is 1. The fourth-order valence-corrected chi connectivity index (χ4v) is 2.14. The number of fused-ring (bicyclic) bond motifs is 1. The fourth-order valence-electron chi connectivity index (χ4n) is 2.14. The van der Waals surface area contributed by atoms with Crippen LogP contribution < -0.4 is 10.2 Å². The maximum Gasteiger partial charge on any atom is 0.136 e. The molecule has 2 rings (SSSR count). The predicted molar refractivity (Wildman–Crippen MR) is 80.9 cm³/mol. The molecule has 2 N–H and O–H groups in total. The third kappa shape index (κ3) is 3.15. The van der Waals surface area contributed by atoms with E-state index in [-0.39, 0.29) is 6.61 Å². The van der Waals surface area contributed by atoms with E-state index < -0.39 is 0 Å².